The van der Waals surface area contributed by atoms with Crippen molar-refractivity contribution in [3.8, 4) is 5.75 Å². The van der Waals surface area contributed by atoms with E-state index in [0.717, 1.165) is 25.2 Å². The van der Waals surface area contributed by atoms with E-state index in [0.29, 0.717) is 17.7 Å². The van der Waals surface area contributed by atoms with Crippen molar-refractivity contribution in [3.63, 3.8) is 0 Å². The smallest absolute Gasteiger partial charge is 0.126 e. The predicted molar refractivity (Wildman–Crippen MR) is 76.2 cm³/mol. The second-order valence-corrected chi connectivity index (χ2v) is 6.39. The molecule has 20 heavy (non-hydrogen) atoms. The van der Waals surface area contributed by atoms with Crippen LogP contribution in [-0.2, 0) is 0 Å². The van der Waals surface area contributed by atoms with Crippen LogP contribution in [0.3, 0.4) is 0 Å². The number of fused-ring (bicyclic) bond motifs is 1. The number of halogens is 1. The second kappa shape index (κ2) is 5.36. The fraction of sp³-hybridized carbons (Fsp3) is 0.647. The normalized spacial score (nSPS) is 33.4. The molecule has 1 N–H and O–H groups in total. The van der Waals surface area contributed by atoms with E-state index in [1.54, 1.807) is 6.07 Å². The summed E-state index contributed by atoms with van der Waals surface area (Å²) in [6, 6.07) is 4.48. The molecule has 110 valence electrons. The quantitative estimate of drug-likeness (QED) is 0.826. The lowest BCUT2D eigenvalue weighted by Crippen LogP contribution is -2.40. The van der Waals surface area contributed by atoms with Crippen molar-refractivity contribution in [2.24, 2.45) is 5.92 Å². The van der Waals surface area contributed by atoms with Gasteiger partial charge in [0.1, 0.15) is 17.2 Å². The van der Waals surface area contributed by atoms with Crippen LogP contribution in [0.1, 0.15) is 63.5 Å². The Morgan fingerprint density at radius 1 is 1.35 bits per heavy atom. The van der Waals surface area contributed by atoms with E-state index >= 15 is 0 Å². The number of rotatable bonds is 1. The minimum atomic E-state index is -0.604. The highest BCUT2D eigenvalue weighted by atomic mass is 19.1. The highest BCUT2D eigenvalue weighted by Crippen LogP contribution is 2.46. The van der Waals surface area contributed by atoms with Gasteiger partial charge in [-0.1, -0.05) is 19.8 Å². The molecule has 1 saturated carbocycles. The highest BCUT2D eigenvalue weighted by Gasteiger charge is 2.41. The lowest BCUT2D eigenvalue weighted by atomic mass is 9.83. The Bertz CT molecular complexity index is 488. The zero-order valence-electron chi connectivity index (χ0n) is 12.1. The average Bonchev–Trinajstić information content (AvgIpc) is 2.62. The van der Waals surface area contributed by atoms with Crippen LogP contribution in [0.15, 0.2) is 18.2 Å². The summed E-state index contributed by atoms with van der Waals surface area (Å²) < 4.78 is 19.5. The Morgan fingerprint density at radius 2 is 2.20 bits per heavy atom. The van der Waals surface area contributed by atoms with Crippen molar-refractivity contribution >= 4 is 0 Å². The van der Waals surface area contributed by atoms with Crippen LogP contribution >= 0.6 is 0 Å². The van der Waals surface area contributed by atoms with Gasteiger partial charge < -0.3 is 9.84 Å². The first-order chi connectivity index (χ1) is 9.62. The molecule has 1 aromatic rings. The van der Waals surface area contributed by atoms with Crippen LogP contribution in [0.5, 0.6) is 5.75 Å². The number of aliphatic hydroxyl groups is 1. The summed E-state index contributed by atoms with van der Waals surface area (Å²) in [6.45, 7) is 2.25. The molecule has 3 rings (SSSR count). The van der Waals surface area contributed by atoms with Gasteiger partial charge in [0.2, 0.25) is 0 Å². The Hall–Kier alpha value is -1.09. The van der Waals surface area contributed by atoms with Gasteiger partial charge in [-0.05, 0) is 49.8 Å². The molecule has 0 saturated heterocycles. The summed E-state index contributed by atoms with van der Waals surface area (Å²) in [5, 5.41) is 10.4. The van der Waals surface area contributed by atoms with E-state index in [2.05, 4.69) is 6.92 Å². The van der Waals surface area contributed by atoms with Gasteiger partial charge in [0.15, 0.2) is 0 Å². The summed E-state index contributed by atoms with van der Waals surface area (Å²) in [6.07, 6.45) is 6.79. The van der Waals surface area contributed by atoms with Crippen LogP contribution in [-0.4, -0.2) is 10.7 Å². The number of hydrogen-bond acceptors (Lipinski definition) is 2. The van der Waals surface area contributed by atoms with Crippen molar-refractivity contribution < 1.29 is 14.2 Å². The van der Waals surface area contributed by atoms with Gasteiger partial charge in [0, 0.05) is 12.0 Å². The molecule has 3 heteroatoms. The van der Waals surface area contributed by atoms with Crippen LogP contribution in [0.25, 0.3) is 0 Å². The van der Waals surface area contributed by atoms with Gasteiger partial charge >= 0.3 is 0 Å². The van der Waals surface area contributed by atoms with Gasteiger partial charge in [-0.25, -0.2) is 4.39 Å². The summed E-state index contributed by atoms with van der Waals surface area (Å²) in [4.78, 5) is 0. The molecule has 0 radical (unpaired) electrons. The molecule has 3 unspecified atom stereocenters. The zero-order chi connectivity index (χ0) is 14.2. The lowest BCUT2D eigenvalue weighted by molar-refractivity contribution is -0.0253. The molecular weight excluding hydrogens is 255 g/mol. The van der Waals surface area contributed by atoms with E-state index in [-0.39, 0.29) is 11.4 Å². The van der Waals surface area contributed by atoms with Gasteiger partial charge in [-0.2, -0.15) is 0 Å². The second-order valence-electron chi connectivity index (χ2n) is 6.39. The maximum atomic E-state index is 13.3. The summed E-state index contributed by atoms with van der Waals surface area (Å²) in [7, 11) is 0. The summed E-state index contributed by atoms with van der Waals surface area (Å²) in [5.74, 6) is 1.14. The first-order valence-corrected chi connectivity index (χ1v) is 7.78. The van der Waals surface area contributed by atoms with Crippen molar-refractivity contribution in [3.05, 3.63) is 29.6 Å². The van der Waals surface area contributed by atoms with E-state index in [9.17, 15) is 9.50 Å². The largest absolute Gasteiger partial charge is 0.487 e. The Kier molecular flexibility index (Phi) is 3.72. The molecule has 1 fully saturated rings. The molecule has 0 aromatic heterocycles. The molecule has 1 aliphatic heterocycles. The third kappa shape index (κ3) is 2.56. The Morgan fingerprint density at radius 3 is 3.00 bits per heavy atom. The maximum Gasteiger partial charge on any atom is 0.126 e. The summed E-state index contributed by atoms with van der Waals surface area (Å²) in [5.41, 5.74) is 0.362. The van der Waals surface area contributed by atoms with Gasteiger partial charge in [-0.3, -0.25) is 0 Å². The average molecular weight is 278 g/mol. The molecule has 1 aliphatic carbocycles. The highest BCUT2D eigenvalue weighted by molar-refractivity contribution is 5.38. The fourth-order valence-electron chi connectivity index (χ4n) is 3.77. The van der Waals surface area contributed by atoms with E-state index < -0.39 is 6.10 Å². The lowest BCUT2D eigenvalue weighted by Gasteiger charge is -2.40. The molecule has 1 aromatic carbocycles. The molecule has 1 spiro atoms. The first-order valence-electron chi connectivity index (χ1n) is 7.78. The van der Waals surface area contributed by atoms with E-state index in [4.69, 9.17) is 4.74 Å². The van der Waals surface area contributed by atoms with Crippen molar-refractivity contribution in [2.75, 3.05) is 0 Å². The van der Waals surface area contributed by atoms with Gasteiger partial charge in [0.05, 0.1) is 6.10 Å². The monoisotopic (exact) mass is 278 g/mol. The van der Waals surface area contributed by atoms with Gasteiger partial charge in [0.25, 0.3) is 0 Å². The van der Waals surface area contributed by atoms with Crippen molar-refractivity contribution in [1.82, 2.24) is 0 Å². The standard InChI is InChI=1S/C17H23FO2/c1-2-12-4-3-8-17(9-7-12)11-15(19)14-10-13(18)5-6-16(14)20-17/h5-6,10,12,15,19H,2-4,7-9,11H2,1H3. The van der Waals surface area contributed by atoms with Crippen molar-refractivity contribution in [1.29, 1.82) is 0 Å². The Labute approximate surface area is 120 Å². The van der Waals surface area contributed by atoms with Crippen LogP contribution in [0.4, 0.5) is 4.39 Å². The molecule has 0 amide bonds. The third-order valence-corrected chi connectivity index (χ3v) is 5.05. The number of benzene rings is 1. The number of hydrogen-bond donors (Lipinski definition) is 1. The van der Waals surface area contributed by atoms with Crippen LogP contribution in [0.2, 0.25) is 0 Å². The summed E-state index contributed by atoms with van der Waals surface area (Å²) >= 11 is 0. The maximum absolute atomic E-state index is 13.3. The predicted octanol–water partition coefficient (Wildman–Crippen LogP) is 4.37. The minimum Gasteiger partial charge on any atom is -0.487 e. The number of ether oxygens (including phenoxy) is 1. The van der Waals surface area contributed by atoms with Gasteiger partial charge in [-0.15, -0.1) is 0 Å². The molecule has 1 heterocycles. The van der Waals surface area contributed by atoms with Crippen LogP contribution < -0.4 is 4.74 Å². The Balaban J connectivity index is 1.85. The van der Waals surface area contributed by atoms with Crippen molar-refractivity contribution in [2.45, 2.75) is 63.6 Å². The fourth-order valence-corrected chi connectivity index (χ4v) is 3.77. The van der Waals surface area contributed by atoms with E-state index in [1.165, 1.54) is 31.4 Å². The minimum absolute atomic E-state index is 0.242. The molecule has 3 atom stereocenters. The molecule has 0 bridgehead atoms. The topological polar surface area (TPSA) is 29.5 Å². The molecule has 2 aliphatic rings. The SMILES string of the molecule is CCC1CCCC2(CC1)CC(O)c1cc(F)ccc1O2. The van der Waals surface area contributed by atoms with Crippen LogP contribution in [0, 0.1) is 11.7 Å². The third-order valence-electron chi connectivity index (χ3n) is 5.05. The molecule has 2 nitrogen and oxygen atoms in total. The number of aliphatic hydroxyl groups excluding tert-OH is 1. The zero-order valence-corrected chi connectivity index (χ0v) is 12.1. The molecular formula is C17H23FO2. The first kappa shape index (κ1) is 13.9. The van der Waals surface area contributed by atoms with E-state index in [1.807, 2.05) is 0 Å².